The fourth-order valence-corrected chi connectivity index (χ4v) is 8.52. The lowest BCUT2D eigenvalue weighted by Crippen LogP contribution is -2.10. The van der Waals surface area contributed by atoms with Gasteiger partial charge in [-0.05, 0) is 118 Å². The Balaban J connectivity index is 1.03. The second kappa shape index (κ2) is 15.5. The first-order chi connectivity index (χ1) is 30.2. The van der Waals surface area contributed by atoms with Gasteiger partial charge in [0.25, 0.3) is 0 Å². The molecule has 1 aromatic heterocycles. The molecule has 0 unspecified atom stereocenters. The Morgan fingerprint density at radius 2 is 0.689 bits per heavy atom. The highest BCUT2D eigenvalue weighted by molar-refractivity contribution is 6.23. The Labute approximate surface area is 354 Å². The van der Waals surface area contributed by atoms with Gasteiger partial charge >= 0.3 is 0 Å². The van der Waals surface area contributed by atoms with Gasteiger partial charge in [0.2, 0.25) is 5.89 Å². The molecule has 0 saturated carbocycles. The van der Waals surface area contributed by atoms with Gasteiger partial charge in [-0.15, -0.1) is 0 Å². The van der Waals surface area contributed by atoms with Gasteiger partial charge in [-0.1, -0.05) is 152 Å². The lowest BCUT2D eigenvalue weighted by atomic mass is 9.99. The first-order valence-electron chi connectivity index (χ1n) is 20.6. The Morgan fingerprint density at radius 1 is 0.279 bits per heavy atom. The lowest BCUT2D eigenvalue weighted by Gasteiger charge is -2.26. The number of hydrogen-bond donors (Lipinski definition) is 0. The molecule has 0 aliphatic carbocycles. The minimum absolute atomic E-state index is 0.576. The molecule has 0 spiro atoms. The van der Waals surface area contributed by atoms with Crippen molar-refractivity contribution in [2.45, 2.75) is 0 Å². The normalized spacial score (nSPS) is 11.3. The van der Waals surface area contributed by atoms with E-state index in [1.165, 1.54) is 22.3 Å². The van der Waals surface area contributed by atoms with Crippen LogP contribution >= 0.6 is 0 Å². The molecule has 0 bridgehead atoms. The summed E-state index contributed by atoms with van der Waals surface area (Å²) in [6.45, 7) is 0. The Bertz CT molecular complexity index is 3150. The van der Waals surface area contributed by atoms with Gasteiger partial charge in [0.05, 0.1) is 0 Å². The molecule has 288 valence electrons. The Morgan fingerprint density at radius 3 is 1.25 bits per heavy atom. The summed E-state index contributed by atoms with van der Waals surface area (Å²) in [6.07, 6.45) is 0. The van der Waals surface area contributed by atoms with Crippen molar-refractivity contribution < 1.29 is 4.42 Å². The lowest BCUT2D eigenvalue weighted by molar-refractivity contribution is 0.623. The van der Waals surface area contributed by atoms with Crippen LogP contribution in [0.15, 0.2) is 241 Å². The highest BCUT2D eigenvalue weighted by atomic mass is 16.3. The van der Waals surface area contributed by atoms with E-state index in [1.54, 1.807) is 0 Å². The summed E-state index contributed by atoms with van der Waals surface area (Å²) in [5.74, 6) is 0.576. The van der Waals surface area contributed by atoms with Gasteiger partial charge in [-0.2, -0.15) is 0 Å². The molecule has 0 N–H and O–H groups in total. The summed E-state index contributed by atoms with van der Waals surface area (Å²) >= 11 is 0. The van der Waals surface area contributed by atoms with E-state index in [-0.39, 0.29) is 0 Å². The van der Waals surface area contributed by atoms with Crippen molar-refractivity contribution in [3.05, 3.63) is 237 Å². The van der Waals surface area contributed by atoms with Gasteiger partial charge in [0.15, 0.2) is 5.58 Å². The SMILES string of the molecule is c1ccc(-c2ccc(N(c3ccc(-c4ccccc4)cc3)c3cccc(-c4nc5c6ccccc6c6cc(N(c7ccccc7)c7ccccc7)ccc6c5o4)c3)cc2)cc1. The number of nitrogens with zero attached hydrogens (tertiary/aromatic N) is 3. The Hall–Kier alpha value is -8.21. The monoisotopic (exact) mass is 781 g/mol. The zero-order valence-corrected chi connectivity index (χ0v) is 33.3. The van der Waals surface area contributed by atoms with E-state index in [2.05, 4.69) is 246 Å². The van der Waals surface area contributed by atoms with E-state index >= 15 is 0 Å². The maximum absolute atomic E-state index is 6.88. The second-order valence-corrected chi connectivity index (χ2v) is 15.2. The zero-order valence-electron chi connectivity index (χ0n) is 33.3. The fourth-order valence-electron chi connectivity index (χ4n) is 8.52. The van der Waals surface area contributed by atoms with E-state index in [1.807, 2.05) is 0 Å². The molecule has 0 atom stereocenters. The summed E-state index contributed by atoms with van der Waals surface area (Å²) < 4.78 is 6.88. The van der Waals surface area contributed by atoms with Crippen LogP contribution in [-0.4, -0.2) is 4.98 Å². The molecule has 0 aliphatic rings. The first kappa shape index (κ1) is 35.9. The van der Waals surface area contributed by atoms with Crippen LogP contribution in [0.2, 0.25) is 0 Å². The predicted octanol–water partition coefficient (Wildman–Crippen LogP) is 16.1. The minimum Gasteiger partial charge on any atom is -0.435 e. The average molecular weight is 782 g/mol. The van der Waals surface area contributed by atoms with E-state index in [9.17, 15) is 0 Å². The highest BCUT2D eigenvalue weighted by Crippen LogP contribution is 2.43. The molecule has 0 fully saturated rings. The molecule has 0 saturated heterocycles. The molecule has 10 aromatic carbocycles. The number of hydrogen-bond acceptors (Lipinski definition) is 4. The molecule has 11 aromatic rings. The molecule has 1 heterocycles. The van der Waals surface area contributed by atoms with Crippen molar-refractivity contribution in [3.8, 4) is 33.7 Å². The minimum atomic E-state index is 0.576. The number of aromatic nitrogens is 1. The summed E-state index contributed by atoms with van der Waals surface area (Å²) in [4.78, 5) is 9.85. The van der Waals surface area contributed by atoms with Crippen molar-refractivity contribution in [3.63, 3.8) is 0 Å². The van der Waals surface area contributed by atoms with Crippen LogP contribution in [0.4, 0.5) is 34.1 Å². The molecule has 4 nitrogen and oxygen atoms in total. The first-order valence-corrected chi connectivity index (χ1v) is 20.6. The van der Waals surface area contributed by atoms with Crippen LogP contribution in [0.25, 0.3) is 66.4 Å². The number of benzene rings is 10. The van der Waals surface area contributed by atoms with E-state index in [0.29, 0.717) is 5.89 Å². The quantitative estimate of drug-likeness (QED) is 0.137. The molecule has 61 heavy (non-hydrogen) atoms. The third-order valence-corrected chi connectivity index (χ3v) is 11.5. The standard InChI is InChI=1S/C57H39N3O/c1-5-16-40(17-6-1)42-28-32-47(33-29-42)60(48-34-30-43(31-35-48)41-18-7-2-8-19-41)49-25-15-20-44(38-49)57-58-55-52-27-14-13-26-51(52)54-39-50(36-37-53(54)56(55)61-57)59(45-21-9-3-10-22-45)46-23-11-4-12-24-46/h1-39H. The van der Waals surface area contributed by atoms with Gasteiger partial charge in [0.1, 0.15) is 5.52 Å². The van der Waals surface area contributed by atoms with Crippen molar-refractivity contribution in [1.29, 1.82) is 0 Å². The van der Waals surface area contributed by atoms with Crippen LogP contribution in [0.5, 0.6) is 0 Å². The number of anilines is 6. The van der Waals surface area contributed by atoms with Crippen LogP contribution in [0.3, 0.4) is 0 Å². The molecule has 0 aliphatic heterocycles. The number of oxazole rings is 1. The smallest absolute Gasteiger partial charge is 0.227 e. The molecular weight excluding hydrogens is 743 g/mol. The van der Waals surface area contributed by atoms with E-state index < -0.39 is 0 Å². The number of para-hydroxylation sites is 2. The third-order valence-electron chi connectivity index (χ3n) is 11.5. The maximum Gasteiger partial charge on any atom is 0.227 e. The molecular formula is C57H39N3O. The van der Waals surface area contributed by atoms with Crippen molar-refractivity contribution in [2.24, 2.45) is 0 Å². The largest absolute Gasteiger partial charge is 0.435 e. The molecule has 4 heteroatoms. The number of rotatable bonds is 9. The van der Waals surface area contributed by atoms with Gasteiger partial charge < -0.3 is 14.2 Å². The van der Waals surface area contributed by atoms with Crippen molar-refractivity contribution >= 4 is 66.8 Å². The van der Waals surface area contributed by atoms with Gasteiger partial charge in [-0.25, -0.2) is 4.98 Å². The van der Waals surface area contributed by atoms with E-state index in [0.717, 1.165) is 72.3 Å². The predicted molar refractivity (Wildman–Crippen MR) is 255 cm³/mol. The molecule has 0 radical (unpaired) electrons. The van der Waals surface area contributed by atoms with Crippen LogP contribution in [-0.2, 0) is 0 Å². The average Bonchev–Trinajstić information content (AvgIpc) is 3.80. The van der Waals surface area contributed by atoms with Crippen LogP contribution in [0, 0.1) is 0 Å². The topological polar surface area (TPSA) is 32.5 Å². The summed E-state index contributed by atoms with van der Waals surface area (Å²) in [5.41, 5.74) is 13.6. The van der Waals surface area contributed by atoms with Crippen molar-refractivity contribution in [1.82, 2.24) is 4.98 Å². The third kappa shape index (κ3) is 6.76. The zero-order chi connectivity index (χ0) is 40.5. The fraction of sp³-hybridized carbons (Fsp3) is 0. The maximum atomic E-state index is 6.88. The molecule has 0 amide bonds. The second-order valence-electron chi connectivity index (χ2n) is 15.2. The van der Waals surface area contributed by atoms with E-state index in [4.69, 9.17) is 9.40 Å². The van der Waals surface area contributed by atoms with Crippen LogP contribution in [0.1, 0.15) is 0 Å². The van der Waals surface area contributed by atoms with Crippen LogP contribution < -0.4 is 9.80 Å². The molecule has 11 rings (SSSR count). The number of fused-ring (bicyclic) bond motifs is 6. The van der Waals surface area contributed by atoms with Crippen molar-refractivity contribution in [2.75, 3.05) is 9.80 Å². The van der Waals surface area contributed by atoms with Gasteiger partial charge in [-0.3, -0.25) is 0 Å². The summed E-state index contributed by atoms with van der Waals surface area (Å²) in [6, 6.07) is 83.3. The Kier molecular flexibility index (Phi) is 9.14. The summed E-state index contributed by atoms with van der Waals surface area (Å²) in [7, 11) is 0. The van der Waals surface area contributed by atoms with Gasteiger partial charge in [0, 0.05) is 50.5 Å². The summed E-state index contributed by atoms with van der Waals surface area (Å²) in [5, 5.41) is 4.31. The highest BCUT2D eigenvalue weighted by Gasteiger charge is 2.20.